The van der Waals surface area contributed by atoms with Crippen LogP contribution < -0.4 is 4.50 Å². The monoisotopic (exact) mass is 808 g/mol. The maximum atomic E-state index is 11.7. The Morgan fingerprint density at radius 2 is 1.59 bits per heavy atom. The molecule has 0 amide bonds. The quantitative estimate of drug-likeness (QED) is 0.0750. The van der Waals surface area contributed by atoms with Gasteiger partial charge in [0.1, 0.15) is 6.33 Å². The second-order valence-electron chi connectivity index (χ2n) is 13.0. The van der Waals surface area contributed by atoms with Crippen LogP contribution in [0.3, 0.4) is 0 Å². The number of fused-ring (bicyclic) bond motifs is 2. The van der Waals surface area contributed by atoms with Crippen LogP contribution in [0.1, 0.15) is 89.8 Å². The molecule has 0 saturated heterocycles. The third-order valence-corrected chi connectivity index (χ3v) is 13.4. The molecule has 2 aromatic heterocycles. The standard InChI is InChI=1S/C24H27N2SSi.C13H24O2.Ir/c1-14(2)20-12-18(11-17-10-15(3)8-9-19(17)20)22-23-21(25-13-26-22)16(4)24(27-23)28(5,6)7;1-5-10(6-2)12(14)9-13(15)11(7-3)8-4;/h8-10,12-14H,1-7H3;9-11,14H,5-8H2,1-4H3;/q-1;;/b;12-9-;. The Balaban J connectivity index is 0.000000363. The zero-order valence-corrected chi connectivity index (χ0v) is 32.7. The van der Waals surface area contributed by atoms with Crippen LogP contribution in [0.25, 0.3) is 32.2 Å². The number of carbonyl (C=O) groups is 1. The minimum atomic E-state index is -1.42. The van der Waals surface area contributed by atoms with Gasteiger partial charge in [0.25, 0.3) is 0 Å². The van der Waals surface area contributed by atoms with Crippen molar-refractivity contribution >= 4 is 50.7 Å². The van der Waals surface area contributed by atoms with Gasteiger partial charge in [-0.15, -0.1) is 40.5 Å². The number of rotatable bonds is 10. The number of benzene rings is 2. The molecule has 2 heterocycles. The van der Waals surface area contributed by atoms with E-state index in [1.54, 1.807) is 6.33 Å². The van der Waals surface area contributed by atoms with E-state index in [9.17, 15) is 9.90 Å². The number of hydrogen-bond acceptors (Lipinski definition) is 5. The number of nitrogens with zero attached hydrogens (tertiary/aromatic N) is 2. The second kappa shape index (κ2) is 16.4. The molecule has 241 valence electrons. The molecule has 4 aromatic rings. The Morgan fingerprint density at radius 3 is 2.14 bits per heavy atom. The van der Waals surface area contributed by atoms with Crippen LogP contribution in [0.5, 0.6) is 0 Å². The maximum Gasteiger partial charge on any atom is 0.162 e. The molecular formula is C37H51IrN2O2SSi-. The molecule has 0 aliphatic rings. The van der Waals surface area contributed by atoms with Gasteiger partial charge in [0.05, 0.1) is 19.3 Å². The van der Waals surface area contributed by atoms with Crippen molar-refractivity contribution in [3.63, 3.8) is 0 Å². The molecular weight excluding hydrogens is 757 g/mol. The summed E-state index contributed by atoms with van der Waals surface area (Å²) in [5.41, 5.74) is 7.16. The molecule has 2 aromatic carbocycles. The third-order valence-electron chi connectivity index (χ3n) is 8.40. The maximum absolute atomic E-state index is 11.7. The Labute approximate surface area is 284 Å². The number of aryl methyl sites for hydroxylation is 2. The fourth-order valence-electron chi connectivity index (χ4n) is 5.74. The Morgan fingerprint density at radius 1 is 0.977 bits per heavy atom. The largest absolute Gasteiger partial charge is 0.512 e. The summed E-state index contributed by atoms with van der Waals surface area (Å²) in [5, 5.41) is 12.2. The van der Waals surface area contributed by atoms with Crippen molar-refractivity contribution in [3.8, 4) is 11.3 Å². The van der Waals surface area contributed by atoms with Crippen LogP contribution in [-0.4, -0.2) is 28.9 Å². The molecule has 1 radical (unpaired) electrons. The van der Waals surface area contributed by atoms with Crippen molar-refractivity contribution in [3.05, 3.63) is 65.2 Å². The first kappa shape index (κ1) is 38.0. The van der Waals surface area contributed by atoms with Crippen LogP contribution >= 0.6 is 11.3 Å². The van der Waals surface area contributed by atoms with Crippen molar-refractivity contribution in [2.24, 2.45) is 11.8 Å². The zero-order chi connectivity index (χ0) is 32.1. The Kier molecular flexibility index (Phi) is 14.2. The van der Waals surface area contributed by atoms with Gasteiger partial charge >= 0.3 is 0 Å². The second-order valence-corrected chi connectivity index (χ2v) is 19.4. The van der Waals surface area contributed by atoms with Gasteiger partial charge in [-0.05, 0) is 55.5 Å². The number of aromatic nitrogens is 2. The van der Waals surface area contributed by atoms with E-state index in [2.05, 4.69) is 82.7 Å². The van der Waals surface area contributed by atoms with Crippen LogP contribution in [0.15, 0.2) is 42.4 Å². The summed E-state index contributed by atoms with van der Waals surface area (Å²) in [5.74, 6) is 0.990. The summed E-state index contributed by atoms with van der Waals surface area (Å²) in [4.78, 5) is 21.1. The predicted molar refractivity (Wildman–Crippen MR) is 190 cm³/mol. The van der Waals surface area contributed by atoms with E-state index in [4.69, 9.17) is 4.98 Å². The molecule has 1 N–H and O–H groups in total. The average molecular weight is 808 g/mol. The molecule has 0 aliphatic carbocycles. The van der Waals surface area contributed by atoms with E-state index >= 15 is 0 Å². The minimum Gasteiger partial charge on any atom is -0.512 e. The summed E-state index contributed by atoms with van der Waals surface area (Å²) in [6.07, 6.45) is 6.62. The van der Waals surface area contributed by atoms with Gasteiger partial charge in [-0.2, -0.15) is 0 Å². The number of allylic oxidation sites excluding steroid dienone is 2. The van der Waals surface area contributed by atoms with Gasteiger partial charge in [0.2, 0.25) is 0 Å². The first-order valence-electron chi connectivity index (χ1n) is 15.9. The summed E-state index contributed by atoms with van der Waals surface area (Å²) >= 11 is 1.89. The number of aliphatic hydroxyl groups excluding tert-OH is 1. The molecule has 0 fully saturated rings. The van der Waals surface area contributed by atoms with Crippen LogP contribution in [0, 0.1) is 31.7 Å². The van der Waals surface area contributed by atoms with Gasteiger partial charge in [0, 0.05) is 48.4 Å². The van der Waals surface area contributed by atoms with Gasteiger partial charge < -0.3 is 5.11 Å². The topological polar surface area (TPSA) is 63.1 Å². The molecule has 4 rings (SSSR count). The van der Waals surface area contributed by atoms with E-state index in [0.717, 1.165) is 42.5 Å². The van der Waals surface area contributed by atoms with Gasteiger partial charge in [-0.3, -0.25) is 9.78 Å². The molecule has 0 unspecified atom stereocenters. The molecule has 44 heavy (non-hydrogen) atoms. The van der Waals surface area contributed by atoms with Crippen molar-refractivity contribution in [1.29, 1.82) is 0 Å². The normalized spacial score (nSPS) is 12.2. The summed E-state index contributed by atoms with van der Waals surface area (Å²) in [6, 6.07) is 12.6. The molecule has 0 aliphatic heterocycles. The average Bonchev–Trinajstić information content (AvgIpc) is 3.31. The fourth-order valence-corrected chi connectivity index (χ4v) is 9.53. The van der Waals surface area contributed by atoms with Crippen molar-refractivity contribution < 1.29 is 30.0 Å². The Hall–Kier alpha value is -2.18. The van der Waals surface area contributed by atoms with E-state index in [1.807, 2.05) is 39.0 Å². The smallest absolute Gasteiger partial charge is 0.162 e. The van der Waals surface area contributed by atoms with Crippen LogP contribution in [0.4, 0.5) is 0 Å². The molecule has 0 saturated carbocycles. The van der Waals surface area contributed by atoms with Crippen molar-refractivity contribution in [2.75, 3.05) is 0 Å². The van der Waals surface area contributed by atoms with E-state index in [-0.39, 0.29) is 43.5 Å². The molecule has 4 nitrogen and oxygen atoms in total. The number of ketones is 1. The molecule has 0 bridgehead atoms. The molecule has 0 spiro atoms. The summed E-state index contributed by atoms with van der Waals surface area (Å²) in [6.45, 7) is 24.1. The van der Waals surface area contributed by atoms with Crippen LogP contribution in [-0.2, 0) is 24.9 Å². The summed E-state index contributed by atoms with van der Waals surface area (Å²) < 4.78 is 2.72. The zero-order valence-electron chi connectivity index (χ0n) is 28.5. The molecule has 0 atom stereocenters. The number of carbonyl (C=O) groups excluding carboxylic acids is 1. The van der Waals surface area contributed by atoms with Crippen molar-refractivity contribution in [2.45, 2.75) is 107 Å². The first-order valence-corrected chi connectivity index (χ1v) is 20.2. The van der Waals surface area contributed by atoms with E-state index in [0.29, 0.717) is 5.92 Å². The third kappa shape index (κ3) is 8.75. The van der Waals surface area contributed by atoms with Gasteiger partial charge in [0.15, 0.2) is 5.78 Å². The van der Waals surface area contributed by atoms with Crippen molar-refractivity contribution in [1.82, 2.24) is 9.97 Å². The van der Waals surface area contributed by atoms with Crippen LogP contribution in [0.2, 0.25) is 19.6 Å². The van der Waals surface area contributed by atoms with E-state index < -0.39 is 8.07 Å². The Bertz CT molecular complexity index is 1590. The van der Waals surface area contributed by atoms with Gasteiger partial charge in [-0.25, -0.2) is 4.98 Å². The van der Waals surface area contributed by atoms with Gasteiger partial charge in [-0.1, -0.05) is 89.8 Å². The number of aliphatic hydroxyl groups is 1. The minimum absolute atomic E-state index is 0. The predicted octanol–water partition coefficient (Wildman–Crippen LogP) is 10.5. The first-order chi connectivity index (χ1) is 20.3. The fraction of sp³-hybridized carbons (Fsp3) is 0.486. The SMILES string of the molecule is CCC(CC)C(=O)/C=C(\O)C(CC)CC.Cc1ccc2c(C(C)C)cc(-c3ncnc4c(C)c([Si](C)(C)C)sc34)[c-]c2c1.[Ir]. The molecule has 7 heteroatoms. The summed E-state index contributed by atoms with van der Waals surface area (Å²) in [7, 11) is -1.42. The number of thiophene rings is 1. The number of hydrogen-bond donors (Lipinski definition) is 1. The van der Waals surface area contributed by atoms with E-state index in [1.165, 1.54) is 42.7 Å².